The van der Waals surface area contributed by atoms with Gasteiger partial charge in [-0.25, -0.2) is 8.42 Å². The van der Waals surface area contributed by atoms with Crippen LogP contribution in [0.1, 0.15) is 35.4 Å². The highest BCUT2D eigenvalue weighted by Crippen LogP contribution is 2.48. The molecule has 0 radical (unpaired) electrons. The van der Waals surface area contributed by atoms with E-state index in [9.17, 15) is 13.2 Å². The van der Waals surface area contributed by atoms with Crippen molar-refractivity contribution in [1.82, 2.24) is 0 Å². The lowest BCUT2D eigenvalue weighted by Crippen LogP contribution is -2.24. The summed E-state index contributed by atoms with van der Waals surface area (Å²) >= 11 is 1.05. The fourth-order valence-electron chi connectivity index (χ4n) is 2.76. The molecule has 1 aromatic heterocycles. The maximum absolute atomic E-state index is 12.0. The van der Waals surface area contributed by atoms with Gasteiger partial charge in [0.25, 0.3) is 5.91 Å². The van der Waals surface area contributed by atoms with Gasteiger partial charge in [0.15, 0.2) is 9.84 Å². The summed E-state index contributed by atoms with van der Waals surface area (Å²) < 4.78 is 24.0. The number of thiophene rings is 1. The van der Waals surface area contributed by atoms with Crippen LogP contribution in [0, 0.1) is 11.8 Å². The van der Waals surface area contributed by atoms with Crippen LogP contribution < -0.4 is 16.8 Å². The molecule has 0 aromatic carbocycles. The molecule has 1 heterocycles. The van der Waals surface area contributed by atoms with Gasteiger partial charge in [0.05, 0.1) is 5.69 Å². The van der Waals surface area contributed by atoms with E-state index < -0.39 is 15.7 Å². The van der Waals surface area contributed by atoms with Crippen molar-refractivity contribution in [2.45, 2.75) is 36.6 Å². The monoisotopic (exact) mass is 329 g/mol. The number of nitrogen functional groups attached to an aromatic ring is 1. The van der Waals surface area contributed by atoms with Gasteiger partial charge >= 0.3 is 0 Å². The average molecular weight is 329 g/mol. The van der Waals surface area contributed by atoms with Crippen LogP contribution in [-0.4, -0.2) is 26.6 Å². The van der Waals surface area contributed by atoms with E-state index in [1.165, 1.54) is 25.7 Å². The largest absolute Gasteiger partial charge is 0.396 e. The van der Waals surface area contributed by atoms with Crippen LogP contribution in [0.4, 0.5) is 10.7 Å². The minimum atomic E-state index is -3.52. The molecule has 21 heavy (non-hydrogen) atoms. The van der Waals surface area contributed by atoms with Gasteiger partial charge < -0.3 is 16.8 Å². The highest BCUT2D eigenvalue weighted by Gasteiger charge is 2.42. The zero-order valence-electron chi connectivity index (χ0n) is 11.8. The second-order valence-corrected chi connectivity index (χ2v) is 8.96. The number of hydrogen-bond donors (Lipinski definition) is 3. The normalized spacial score (nSPS) is 19.0. The van der Waals surface area contributed by atoms with Gasteiger partial charge in [-0.2, -0.15) is 0 Å². The molecule has 6 nitrogen and oxygen atoms in total. The second kappa shape index (κ2) is 4.88. The van der Waals surface area contributed by atoms with Crippen LogP contribution in [-0.2, 0) is 9.84 Å². The number of nitrogens with one attached hydrogen (secondary N) is 1. The third-order valence-electron chi connectivity index (χ3n) is 4.05. The summed E-state index contributed by atoms with van der Waals surface area (Å²) in [5, 5.41) is 3.81. The van der Waals surface area contributed by atoms with Crippen LogP contribution in [0.5, 0.6) is 0 Å². The summed E-state index contributed by atoms with van der Waals surface area (Å²) in [6, 6.07) is 0.282. The zero-order valence-corrected chi connectivity index (χ0v) is 13.4. The Morgan fingerprint density at radius 2 is 1.81 bits per heavy atom. The molecular weight excluding hydrogens is 310 g/mol. The molecule has 1 amide bonds. The summed E-state index contributed by atoms with van der Waals surface area (Å²) in [5.74, 6) is 0.514. The summed E-state index contributed by atoms with van der Waals surface area (Å²) in [5.41, 5.74) is 11.1. The molecule has 0 spiro atoms. The molecule has 0 bridgehead atoms. The molecule has 0 saturated heterocycles. The molecule has 2 aliphatic rings. The molecular formula is C13H19N3O3S2. The number of sulfone groups is 1. The fraction of sp³-hybridized carbons (Fsp3) is 0.615. The molecule has 0 unspecified atom stereocenters. The molecule has 0 atom stereocenters. The number of hydrogen-bond acceptors (Lipinski definition) is 6. The highest BCUT2D eigenvalue weighted by atomic mass is 32.2. The van der Waals surface area contributed by atoms with Crippen molar-refractivity contribution in [3.63, 3.8) is 0 Å². The summed E-state index contributed by atoms with van der Waals surface area (Å²) in [6.45, 7) is 0. The fourth-order valence-corrected chi connectivity index (χ4v) is 5.21. The van der Waals surface area contributed by atoms with Crippen molar-refractivity contribution in [2.75, 3.05) is 17.3 Å². The number of rotatable bonds is 6. The lowest BCUT2D eigenvalue weighted by molar-refractivity contribution is 0.100. The van der Waals surface area contributed by atoms with E-state index in [2.05, 4.69) is 5.32 Å². The number of nitrogens with two attached hydrogens (primary N) is 2. The number of amides is 1. The Morgan fingerprint density at radius 3 is 2.19 bits per heavy atom. The van der Waals surface area contributed by atoms with Gasteiger partial charge in [0, 0.05) is 12.3 Å². The van der Waals surface area contributed by atoms with Gasteiger partial charge in [-0.1, -0.05) is 0 Å². The Hall–Kier alpha value is -1.28. The summed E-state index contributed by atoms with van der Waals surface area (Å²) in [6.07, 6.45) is 5.79. The molecule has 2 saturated carbocycles. The first-order chi connectivity index (χ1) is 9.79. The smallest absolute Gasteiger partial charge is 0.261 e. The summed E-state index contributed by atoms with van der Waals surface area (Å²) in [7, 11) is -3.52. The van der Waals surface area contributed by atoms with Crippen LogP contribution in [0.25, 0.3) is 0 Å². The third-order valence-corrected chi connectivity index (χ3v) is 6.50. The maximum atomic E-state index is 12.0. The van der Waals surface area contributed by atoms with Crippen molar-refractivity contribution in [3.8, 4) is 0 Å². The molecule has 1 aromatic rings. The zero-order chi connectivity index (χ0) is 15.4. The molecule has 2 fully saturated rings. The van der Waals surface area contributed by atoms with Crippen molar-refractivity contribution in [2.24, 2.45) is 17.6 Å². The number of carbonyl (C=O) groups is 1. The third kappa shape index (κ3) is 2.87. The van der Waals surface area contributed by atoms with Crippen LogP contribution in [0.2, 0.25) is 0 Å². The Balaban J connectivity index is 2.00. The highest BCUT2D eigenvalue weighted by molar-refractivity contribution is 7.91. The predicted octanol–water partition coefficient (Wildman–Crippen LogP) is 1.43. The number of carbonyl (C=O) groups excluding carboxylic acids is 1. The molecule has 3 rings (SSSR count). The van der Waals surface area contributed by atoms with E-state index in [1.54, 1.807) is 0 Å². The van der Waals surface area contributed by atoms with Gasteiger partial charge in [0.2, 0.25) is 0 Å². The van der Waals surface area contributed by atoms with Crippen LogP contribution in [0.3, 0.4) is 0 Å². The maximum Gasteiger partial charge on any atom is 0.261 e. The Labute approximate surface area is 127 Å². The molecule has 116 valence electrons. The first-order valence-electron chi connectivity index (χ1n) is 6.97. The van der Waals surface area contributed by atoms with Gasteiger partial charge in [-0.3, -0.25) is 4.79 Å². The first-order valence-corrected chi connectivity index (χ1v) is 9.68. The SMILES string of the molecule is CS(=O)(=O)c1c(NC(C2CC2)C2CC2)sc(C(N)=O)c1N. The second-order valence-electron chi connectivity index (χ2n) is 5.98. The lowest BCUT2D eigenvalue weighted by atomic mass is 10.1. The minimum absolute atomic E-state index is 0.0209. The topological polar surface area (TPSA) is 115 Å². The molecule has 0 aliphatic heterocycles. The van der Waals surface area contributed by atoms with Gasteiger partial charge in [-0.15, -0.1) is 11.3 Å². The van der Waals surface area contributed by atoms with E-state index in [-0.39, 0.29) is 21.5 Å². The molecule has 8 heteroatoms. The van der Waals surface area contributed by atoms with Gasteiger partial charge in [-0.05, 0) is 37.5 Å². The van der Waals surface area contributed by atoms with E-state index in [0.29, 0.717) is 16.8 Å². The van der Waals surface area contributed by atoms with E-state index >= 15 is 0 Å². The van der Waals surface area contributed by atoms with Crippen LogP contribution in [0.15, 0.2) is 4.90 Å². The quantitative estimate of drug-likeness (QED) is 0.730. The van der Waals surface area contributed by atoms with Crippen LogP contribution >= 0.6 is 11.3 Å². The number of anilines is 2. The standard InChI is InChI=1S/C13H19N3O3S2/c1-21(18,19)11-8(14)10(12(15)17)20-13(11)16-9(6-2-3-6)7-4-5-7/h6-7,9,16H,2-5,14H2,1H3,(H2,15,17). The first kappa shape index (κ1) is 14.6. The molecule has 2 aliphatic carbocycles. The van der Waals surface area contributed by atoms with Crippen molar-refractivity contribution < 1.29 is 13.2 Å². The summed E-state index contributed by atoms with van der Waals surface area (Å²) in [4.78, 5) is 11.6. The van der Waals surface area contributed by atoms with Crippen molar-refractivity contribution >= 4 is 37.8 Å². The van der Waals surface area contributed by atoms with E-state index in [0.717, 1.165) is 17.6 Å². The lowest BCUT2D eigenvalue weighted by Gasteiger charge is -2.18. The van der Waals surface area contributed by atoms with Crippen molar-refractivity contribution in [1.29, 1.82) is 0 Å². The predicted molar refractivity (Wildman–Crippen MR) is 83.2 cm³/mol. The Bertz CT molecular complexity index is 676. The molecule has 5 N–H and O–H groups in total. The van der Waals surface area contributed by atoms with Gasteiger partial charge in [0.1, 0.15) is 14.8 Å². The number of primary amides is 1. The minimum Gasteiger partial charge on any atom is -0.396 e. The van der Waals surface area contributed by atoms with E-state index in [1.807, 2.05) is 0 Å². The van der Waals surface area contributed by atoms with E-state index in [4.69, 9.17) is 11.5 Å². The Kier molecular flexibility index (Phi) is 3.40. The average Bonchev–Trinajstić information content (AvgIpc) is 3.22. The van der Waals surface area contributed by atoms with Crippen molar-refractivity contribution in [3.05, 3.63) is 4.88 Å². The Morgan fingerprint density at radius 1 is 1.29 bits per heavy atom.